The summed E-state index contributed by atoms with van der Waals surface area (Å²) in [5, 5.41) is 0. The Labute approximate surface area is 115 Å². The Morgan fingerprint density at radius 2 is 1.89 bits per heavy atom. The summed E-state index contributed by atoms with van der Waals surface area (Å²) in [6.07, 6.45) is 0.629. The van der Waals surface area contributed by atoms with E-state index in [4.69, 9.17) is 5.73 Å². The van der Waals surface area contributed by atoms with Crippen LogP contribution in [-0.2, 0) is 10.0 Å². The largest absolute Gasteiger partial charge is 0.328 e. The van der Waals surface area contributed by atoms with Crippen molar-refractivity contribution in [3.8, 4) is 0 Å². The highest BCUT2D eigenvalue weighted by Crippen LogP contribution is 2.14. The topological polar surface area (TPSA) is 72.2 Å². The number of nitrogens with two attached hydrogens (primary N) is 1. The second kappa shape index (κ2) is 7.09. The van der Waals surface area contributed by atoms with Crippen LogP contribution in [0.5, 0.6) is 0 Å². The van der Waals surface area contributed by atoms with Gasteiger partial charge in [0, 0.05) is 12.6 Å². The average Bonchev–Trinajstić information content (AvgIpc) is 2.21. The van der Waals surface area contributed by atoms with Crippen molar-refractivity contribution in [3.05, 3.63) is 29.3 Å². The maximum absolute atomic E-state index is 11.9. The SMILES string of the molecule is Cc1ccc(S(=O)(=O)NCCC(C)N)cc1C.Cl. The van der Waals surface area contributed by atoms with Gasteiger partial charge in [-0.2, -0.15) is 0 Å². The summed E-state index contributed by atoms with van der Waals surface area (Å²) in [4.78, 5) is 0.310. The molecule has 3 N–H and O–H groups in total. The fraction of sp³-hybridized carbons (Fsp3) is 0.500. The molecule has 18 heavy (non-hydrogen) atoms. The third-order valence-electron chi connectivity index (χ3n) is 2.68. The Hall–Kier alpha value is -0.620. The van der Waals surface area contributed by atoms with Gasteiger partial charge in [0.15, 0.2) is 0 Å². The molecule has 104 valence electrons. The molecule has 0 radical (unpaired) electrons. The lowest BCUT2D eigenvalue weighted by molar-refractivity contribution is 0.571. The fourth-order valence-electron chi connectivity index (χ4n) is 1.39. The van der Waals surface area contributed by atoms with E-state index in [0.717, 1.165) is 11.1 Å². The highest BCUT2D eigenvalue weighted by atomic mass is 35.5. The van der Waals surface area contributed by atoms with E-state index >= 15 is 0 Å². The molecule has 0 amide bonds. The van der Waals surface area contributed by atoms with Crippen LogP contribution in [0.1, 0.15) is 24.5 Å². The molecule has 0 bridgehead atoms. The van der Waals surface area contributed by atoms with Crippen LogP contribution >= 0.6 is 12.4 Å². The standard InChI is InChI=1S/C12H20N2O2S.ClH/c1-9-4-5-12(8-10(9)2)17(15,16)14-7-6-11(3)13;/h4-5,8,11,14H,6-7,13H2,1-3H3;1H. The van der Waals surface area contributed by atoms with Crippen LogP contribution in [0.25, 0.3) is 0 Å². The van der Waals surface area contributed by atoms with Crippen LogP contribution in [0.3, 0.4) is 0 Å². The zero-order chi connectivity index (χ0) is 13.1. The predicted molar refractivity (Wildman–Crippen MR) is 76.6 cm³/mol. The van der Waals surface area contributed by atoms with Gasteiger partial charge < -0.3 is 5.73 Å². The zero-order valence-electron chi connectivity index (χ0n) is 10.9. The van der Waals surface area contributed by atoms with Gasteiger partial charge in [-0.3, -0.25) is 0 Å². The zero-order valence-corrected chi connectivity index (χ0v) is 12.6. The Morgan fingerprint density at radius 1 is 1.28 bits per heavy atom. The molecule has 1 atom stereocenters. The molecule has 1 aromatic carbocycles. The van der Waals surface area contributed by atoms with Gasteiger partial charge in [0.2, 0.25) is 10.0 Å². The summed E-state index contributed by atoms with van der Waals surface area (Å²) < 4.78 is 26.4. The first-order valence-electron chi connectivity index (χ1n) is 5.65. The van der Waals surface area contributed by atoms with E-state index in [1.54, 1.807) is 12.1 Å². The lowest BCUT2D eigenvalue weighted by Gasteiger charge is -2.09. The van der Waals surface area contributed by atoms with Crippen LogP contribution in [0.15, 0.2) is 23.1 Å². The van der Waals surface area contributed by atoms with Crippen molar-refractivity contribution in [2.24, 2.45) is 5.73 Å². The molecule has 1 unspecified atom stereocenters. The van der Waals surface area contributed by atoms with E-state index in [2.05, 4.69) is 4.72 Å². The molecule has 6 heteroatoms. The molecule has 0 saturated carbocycles. The number of rotatable bonds is 5. The van der Waals surface area contributed by atoms with E-state index in [-0.39, 0.29) is 18.4 Å². The Morgan fingerprint density at radius 3 is 2.39 bits per heavy atom. The molecular formula is C12H21ClN2O2S. The van der Waals surface area contributed by atoms with E-state index in [1.807, 2.05) is 26.8 Å². The minimum absolute atomic E-state index is 0. The second-order valence-corrected chi connectivity index (χ2v) is 6.18. The Bertz CT molecular complexity index is 487. The van der Waals surface area contributed by atoms with Gasteiger partial charge in [0.05, 0.1) is 4.90 Å². The molecule has 0 saturated heterocycles. The first kappa shape index (κ1) is 17.4. The highest BCUT2D eigenvalue weighted by Gasteiger charge is 2.13. The number of nitrogens with one attached hydrogen (secondary N) is 1. The molecule has 0 aromatic heterocycles. The van der Waals surface area contributed by atoms with Crippen molar-refractivity contribution >= 4 is 22.4 Å². The first-order chi connectivity index (χ1) is 7.83. The molecule has 0 spiro atoms. The maximum atomic E-state index is 11.9. The lowest BCUT2D eigenvalue weighted by Crippen LogP contribution is -2.29. The molecule has 4 nitrogen and oxygen atoms in total. The van der Waals surface area contributed by atoms with Crippen molar-refractivity contribution in [3.63, 3.8) is 0 Å². The summed E-state index contributed by atoms with van der Waals surface area (Å²) in [6, 6.07) is 5.12. The molecule has 0 heterocycles. The molecule has 0 aliphatic heterocycles. The number of halogens is 1. The van der Waals surface area contributed by atoms with Crippen LogP contribution in [0.2, 0.25) is 0 Å². The second-order valence-electron chi connectivity index (χ2n) is 4.41. The summed E-state index contributed by atoms with van der Waals surface area (Å²) in [6.45, 7) is 6.07. The minimum Gasteiger partial charge on any atom is -0.328 e. The molecule has 0 aliphatic carbocycles. The average molecular weight is 293 g/mol. The van der Waals surface area contributed by atoms with Gasteiger partial charge in [0.25, 0.3) is 0 Å². The van der Waals surface area contributed by atoms with Gasteiger partial charge in [-0.05, 0) is 50.5 Å². The van der Waals surface area contributed by atoms with Crippen LogP contribution in [-0.4, -0.2) is 21.0 Å². The molecule has 0 aliphatic rings. The summed E-state index contributed by atoms with van der Waals surface area (Å²) in [5.41, 5.74) is 7.62. The smallest absolute Gasteiger partial charge is 0.240 e. The number of benzene rings is 1. The monoisotopic (exact) mass is 292 g/mol. The molecular weight excluding hydrogens is 272 g/mol. The van der Waals surface area contributed by atoms with Crippen molar-refractivity contribution in [1.29, 1.82) is 0 Å². The highest BCUT2D eigenvalue weighted by molar-refractivity contribution is 7.89. The van der Waals surface area contributed by atoms with Crippen LogP contribution < -0.4 is 10.5 Å². The lowest BCUT2D eigenvalue weighted by atomic mass is 10.1. The van der Waals surface area contributed by atoms with Crippen molar-refractivity contribution in [2.45, 2.75) is 38.1 Å². The molecule has 1 aromatic rings. The fourth-order valence-corrected chi connectivity index (χ4v) is 2.52. The minimum atomic E-state index is -3.40. The maximum Gasteiger partial charge on any atom is 0.240 e. The first-order valence-corrected chi connectivity index (χ1v) is 7.14. The van der Waals surface area contributed by atoms with Crippen molar-refractivity contribution in [1.82, 2.24) is 4.72 Å². The van der Waals surface area contributed by atoms with Gasteiger partial charge >= 0.3 is 0 Å². The quantitative estimate of drug-likeness (QED) is 0.868. The van der Waals surface area contributed by atoms with Gasteiger partial charge in [-0.25, -0.2) is 13.1 Å². The van der Waals surface area contributed by atoms with E-state index in [0.29, 0.717) is 17.9 Å². The summed E-state index contributed by atoms with van der Waals surface area (Å²) >= 11 is 0. The van der Waals surface area contributed by atoms with Gasteiger partial charge in [-0.15, -0.1) is 12.4 Å². The van der Waals surface area contributed by atoms with Crippen LogP contribution in [0, 0.1) is 13.8 Å². The van der Waals surface area contributed by atoms with Crippen molar-refractivity contribution in [2.75, 3.05) is 6.54 Å². The normalized spacial score (nSPS) is 12.9. The Balaban J connectivity index is 0.00000289. The van der Waals surface area contributed by atoms with E-state index in [9.17, 15) is 8.42 Å². The van der Waals surface area contributed by atoms with E-state index < -0.39 is 10.0 Å². The molecule has 0 fully saturated rings. The number of hydrogen-bond donors (Lipinski definition) is 2. The number of hydrogen-bond acceptors (Lipinski definition) is 3. The summed E-state index contributed by atoms with van der Waals surface area (Å²) in [5.74, 6) is 0. The van der Waals surface area contributed by atoms with Gasteiger partial charge in [-0.1, -0.05) is 6.07 Å². The molecule has 1 rings (SSSR count). The third-order valence-corrected chi connectivity index (χ3v) is 4.14. The third kappa shape index (κ3) is 4.94. The number of sulfonamides is 1. The van der Waals surface area contributed by atoms with Crippen molar-refractivity contribution < 1.29 is 8.42 Å². The van der Waals surface area contributed by atoms with Gasteiger partial charge in [0.1, 0.15) is 0 Å². The van der Waals surface area contributed by atoms with Crippen LogP contribution in [0.4, 0.5) is 0 Å². The Kier molecular flexibility index (Phi) is 6.84. The number of aryl methyl sites for hydroxylation is 2. The summed E-state index contributed by atoms with van der Waals surface area (Å²) in [7, 11) is -3.40. The predicted octanol–water partition coefficient (Wildman–Crippen LogP) is 1.74. The van der Waals surface area contributed by atoms with E-state index in [1.165, 1.54) is 0 Å².